The van der Waals surface area contributed by atoms with Crippen LogP contribution < -0.4 is 5.32 Å². The summed E-state index contributed by atoms with van der Waals surface area (Å²) in [5, 5.41) is 3.31. The van der Waals surface area contributed by atoms with Crippen LogP contribution in [0.15, 0.2) is 47.1 Å². The van der Waals surface area contributed by atoms with Gasteiger partial charge in [0.2, 0.25) is 0 Å². The molecule has 2 aromatic heterocycles. The van der Waals surface area contributed by atoms with Gasteiger partial charge in [-0.25, -0.2) is 4.39 Å². The third kappa shape index (κ3) is 2.32. The van der Waals surface area contributed by atoms with Crippen LogP contribution in [0.4, 0.5) is 4.39 Å². The lowest BCUT2D eigenvalue weighted by molar-refractivity contribution is 0.0939. The van der Waals surface area contributed by atoms with Gasteiger partial charge in [-0.1, -0.05) is 6.07 Å². The first-order valence-corrected chi connectivity index (χ1v) is 6.99. The Morgan fingerprint density at radius 2 is 2.20 bits per heavy atom. The van der Waals surface area contributed by atoms with Crippen molar-refractivity contribution < 1.29 is 13.6 Å². The Labute approximate surface area is 119 Å². The highest BCUT2D eigenvalue weighted by molar-refractivity contribution is 7.20. The Bertz CT molecular complexity index is 748. The van der Waals surface area contributed by atoms with E-state index in [2.05, 4.69) is 5.32 Å². The van der Waals surface area contributed by atoms with Gasteiger partial charge in [-0.15, -0.1) is 11.3 Å². The van der Waals surface area contributed by atoms with Crippen LogP contribution in [0.25, 0.3) is 10.1 Å². The number of benzene rings is 1. The molecule has 0 spiro atoms. The quantitative estimate of drug-likeness (QED) is 0.788. The number of thiophene rings is 1. The Hall–Kier alpha value is -2.14. The van der Waals surface area contributed by atoms with Gasteiger partial charge < -0.3 is 9.73 Å². The predicted molar refractivity (Wildman–Crippen MR) is 76.4 cm³/mol. The van der Waals surface area contributed by atoms with Gasteiger partial charge in [0.05, 0.1) is 17.2 Å². The molecule has 0 aliphatic heterocycles. The van der Waals surface area contributed by atoms with E-state index in [0.29, 0.717) is 16.0 Å². The molecule has 3 rings (SSSR count). The topological polar surface area (TPSA) is 42.2 Å². The summed E-state index contributed by atoms with van der Waals surface area (Å²) in [6.45, 7) is 1.84. The molecule has 1 N–H and O–H groups in total. The average molecular weight is 289 g/mol. The highest BCUT2D eigenvalue weighted by atomic mass is 32.1. The lowest BCUT2D eigenvalue weighted by atomic mass is 10.2. The summed E-state index contributed by atoms with van der Waals surface area (Å²) in [5.41, 5.74) is 0. The molecule has 0 unspecified atom stereocenters. The first-order chi connectivity index (χ1) is 9.65. The van der Waals surface area contributed by atoms with Crippen molar-refractivity contribution >= 4 is 27.3 Å². The molecule has 0 fully saturated rings. The molecule has 1 aromatic carbocycles. The third-order valence-electron chi connectivity index (χ3n) is 3.05. The van der Waals surface area contributed by atoms with E-state index < -0.39 is 0 Å². The molecule has 102 valence electrons. The van der Waals surface area contributed by atoms with E-state index in [4.69, 9.17) is 4.42 Å². The molecular formula is C15H12FNO2S. The van der Waals surface area contributed by atoms with Crippen LogP contribution in [0.2, 0.25) is 0 Å². The molecule has 0 saturated carbocycles. The zero-order chi connectivity index (χ0) is 14.1. The Morgan fingerprint density at radius 1 is 1.35 bits per heavy atom. The van der Waals surface area contributed by atoms with Gasteiger partial charge in [0, 0.05) is 10.1 Å². The molecule has 0 radical (unpaired) electrons. The number of carbonyl (C=O) groups excluding carboxylic acids is 1. The SMILES string of the molecule is C[C@H](NC(=O)c1cc2c(F)cccc2s1)c1ccco1. The minimum Gasteiger partial charge on any atom is -0.467 e. The number of furan rings is 1. The highest BCUT2D eigenvalue weighted by Gasteiger charge is 2.16. The van der Waals surface area contributed by atoms with Crippen LogP contribution in [0.1, 0.15) is 28.4 Å². The second-order valence-corrected chi connectivity index (χ2v) is 5.56. The minimum atomic E-state index is -0.308. The van der Waals surface area contributed by atoms with E-state index >= 15 is 0 Å². The number of rotatable bonds is 3. The molecule has 20 heavy (non-hydrogen) atoms. The third-order valence-corrected chi connectivity index (χ3v) is 4.15. The van der Waals surface area contributed by atoms with Gasteiger partial charge in [-0.3, -0.25) is 4.79 Å². The van der Waals surface area contributed by atoms with Gasteiger partial charge in [0.25, 0.3) is 5.91 Å². The second-order valence-electron chi connectivity index (χ2n) is 4.47. The number of hydrogen-bond acceptors (Lipinski definition) is 3. The van der Waals surface area contributed by atoms with E-state index in [1.54, 1.807) is 36.6 Å². The predicted octanol–water partition coefficient (Wildman–Crippen LogP) is 4.12. The lowest BCUT2D eigenvalue weighted by Gasteiger charge is -2.09. The fourth-order valence-corrected chi connectivity index (χ4v) is 2.99. The van der Waals surface area contributed by atoms with E-state index in [-0.39, 0.29) is 17.8 Å². The van der Waals surface area contributed by atoms with Crippen molar-refractivity contribution in [2.45, 2.75) is 13.0 Å². The normalized spacial score (nSPS) is 12.5. The van der Waals surface area contributed by atoms with Crippen molar-refractivity contribution in [2.75, 3.05) is 0 Å². The number of amides is 1. The molecule has 0 aliphatic rings. The Balaban J connectivity index is 1.84. The summed E-state index contributed by atoms with van der Waals surface area (Å²) in [4.78, 5) is 12.7. The number of halogens is 1. The van der Waals surface area contributed by atoms with Crippen LogP contribution in [0, 0.1) is 5.82 Å². The maximum Gasteiger partial charge on any atom is 0.261 e. The van der Waals surface area contributed by atoms with E-state index in [1.165, 1.54) is 17.4 Å². The highest BCUT2D eigenvalue weighted by Crippen LogP contribution is 2.28. The molecule has 0 saturated heterocycles. The fraction of sp³-hybridized carbons (Fsp3) is 0.133. The smallest absolute Gasteiger partial charge is 0.261 e. The number of hydrogen-bond donors (Lipinski definition) is 1. The molecule has 0 bridgehead atoms. The standard InChI is InChI=1S/C15H12FNO2S/c1-9(12-5-3-7-19-12)17-15(18)14-8-10-11(16)4-2-6-13(10)20-14/h2-9H,1H3,(H,17,18)/t9-/m0/s1. The Morgan fingerprint density at radius 3 is 2.90 bits per heavy atom. The maximum absolute atomic E-state index is 13.6. The number of fused-ring (bicyclic) bond motifs is 1. The minimum absolute atomic E-state index is 0.227. The summed E-state index contributed by atoms with van der Waals surface area (Å²) in [6, 6.07) is 9.76. The van der Waals surface area contributed by atoms with Crippen molar-refractivity contribution in [3.05, 3.63) is 59.1 Å². The summed E-state index contributed by atoms with van der Waals surface area (Å²) in [5.74, 6) is 0.150. The fourth-order valence-electron chi connectivity index (χ4n) is 2.01. The number of nitrogens with one attached hydrogen (secondary N) is 1. The van der Waals surface area contributed by atoms with Crippen molar-refractivity contribution in [2.24, 2.45) is 0 Å². The van der Waals surface area contributed by atoms with Crippen LogP contribution in [-0.2, 0) is 0 Å². The summed E-state index contributed by atoms with van der Waals surface area (Å²) in [7, 11) is 0. The van der Waals surface area contributed by atoms with Crippen molar-refractivity contribution in [3.8, 4) is 0 Å². The van der Waals surface area contributed by atoms with E-state index in [1.807, 2.05) is 6.92 Å². The first kappa shape index (κ1) is 12.9. The van der Waals surface area contributed by atoms with Gasteiger partial charge in [0.15, 0.2) is 0 Å². The van der Waals surface area contributed by atoms with Crippen LogP contribution in [0.3, 0.4) is 0 Å². The molecule has 5 heteroatoms. The largest absolute Gasteiger partial charge is 0.467 e. The molecule has 2 heterocycles. The van der Waals surface area contributed by atoms with Crippen LogP contribution >= 0.6 is 11.3 Å². The maximum atomic E-state index is 13.6. The Kier molecular flexibility index (Phi) is 3.28. The van der Waals surface area contributed by atoms with Crippen molar-refractivity contribution in [1.29, 1.82) is 0 Å². The van der Waals surface area contributed by atoms with Gasteiger partial charge in [-0.2, -0.15) is 0 Å². The van der Waals surface area contributed by atoms with Gasteiger partial charge in [-0.05, 0) is 37.3 Å². The molecule has 0 aliphatic carbocycles. The molecule has 3 aromatic rings. The summed E-state index contributed by atoms with van der Waals surface area (Å²) in [6.07, 6.45) is 1.56. The first-order valence-electron chi connectivity index (χ1n) is 6.17. The average Bonchev–Trinajstić information content (AvgIpc) is 3.08. The van der Waals surface area contributed by atoms with Gasteiger partial charge in [0.1, 0.15) is 11.6 Å². The molecular weight excluding hydrogens is 277 g/mol. The molecule has 1 atom stereocenters. The van der Waals surface area contributed by atoms with Crippen molar-refractivity contribution in [1.82, 2.24) is 5.32 Å². The van der Waals surface area contributed by atoms with Crippen LogP contribution in [0.5, 0.6) is 0 Å². The summed E-state index contributed by atoms with van der Waals surface area (Å²) >= 11 is 1.28. The van der Waals surface area contributed by atoms with Gasteiger partial charge >= 0.3 is 0 Å². The van der Waals surface area contributed by atoms with E-state index in [9.17, 15) is 9.18 Å². The lowest BCUT2D eigenvalue weighted by Crippen LogP contribution is -2.25. The van der Waals surface area contributed by atoms with Crippen molar-refractivity contribution in [3.63, 3.8) is 0 Å². The number of carbonyl (C=O) groups is 1. The zero-order valence-electron chi connectivity index (χ0n) is 10.7. The zero-order valence-corrected chi connectivity index (χ0v) is 11.5. The molecule has 1 amide bonds. The molecule has 3 nitrogen and oxygen atoms in total. The van der Waals surface area contributed by atoms with Crippen LogP contribution in [-0.4, -0.2) is 5.91 Å². The monoisotopic (exact) mass is 289 g/mol. The van der Waals surface area contributed by atoms with E-state index in [0.717, 1.165) is 4.70 Å². The summed E-state index contributed by atoms with van der Waals surface area (Å²) < 4.78 is 19.6. The second kappa shape index (κ2) is 5.09.